The van der Waals surface area contributed by atoms with E-state index in [1.165, 1.54) is 70.6 Å². The summed E-state index contributed by atoms with van der Waals surface area (Å²) in [5.41, 5.74) is 0. The largest absolute Gasteiger partial charge is 0.396 e. The van der Waals surface area contributed by atoms with Gasteiger partial charge in [0.05, 0.1) is 0 Å². The van der Waals surface area contributed by atoms with Crippen molar-refractivity contribution in [3.05, 3.63) is 0 Å². The predicted octanol–water partition coefficient (Wildman–Crippen LogP) is 4.66. The molecule has 1 saturated carbocycles. The topological polar surface area (TPSA) is 32.3 Å². The summed E-state index contributed by atoms with van der Waals surface area (Å²) in [5.74, 6) is 0.614. The molecule has 0 amide bonds. The second-order valence-corrected chi connectivity index (χ2v) is 6.99. The van der Waals surface area contributed by atoms with E-state index in [1.807, 2.05) is 0 Å². The zero-order valence-corrected chi connectivity index (χ0v) is 13.9. The van der Waals surface area contributed by atoms with Crippen molar-refractivity contribution in [1.29, 1.82) is 0 Å². The summed E-state index contributed by atoms with van der Waals surface area (Å²) in [6.45, 7) is 4.84. The average Bonchev–Trinajstić information content (AvgIpc) is 2.40. The van der Waals surface area contributed by atoms with Crippen LogP contribution in [0.2, 0.25) is 0 Å². The van der Waals surface area contributed by atoms with Crippen molar-refractivity contribution in [2.24, 2.45) is 5.92 Å². The van der Waals surface area contributed by atoms with E-state index in [4.69, 9.17) is 0 Å². The predicted molar refractivity (Wildman–Crippen MR) is 88.0 cm³/mol. The Morgan fingerprint density at radius 1 is 0.850 bits per heavy atom. The SMILES string of the molecule is CC(C)C(CCO)NC1CCCCCCCCCCC1. The summed E-state index contributed by atoms with van der Waals surface area (Å²) in [5, 5.41) is 13.1. The molecular formula is C18H37NO. The van der Waals surface area contributed by atoms with Crippen LogP contribution in [0.1, 0.15) is 90.9 Å². The van der Waals surface area contributed by atoms with Gasteiger partial charge in [0.15, 0.2) is 0 Å². The van der Waals surface area contributed by atoms with Gasteiger partial charge in [-0.2, -0.15) is 0 Å². The summed E-state index contributed by atoms with van der Waals surface area (Å²) in [7, 11) is 0. The van der Waals surface area contributed by atoms with Crippen molar-refractivity contribution in [1.82, 2.24) is 5.32 Å². The van der Waals surface area contributed by atoms with Gasteiger partial charge in [0, 0.05) is 18.7 Å². The summed E-state index contributed by atoms with van der Waals surface area (Å²) in [6, 6.07) is 1.16. The molecule has 2 heteroatoms. The Bertz CT molecular complexity index is 205. The number of aliphatic hydroxyl groups is 1. The number of hydrogen-bond acceptors (Lipinski definition) is 2. The summed E-state index contributed by atoms with van der Waals surface area (Å²) in [4.78, 5) is 0. The van der Waals surface area contributed by atoms with E-state index >= 15 is 0 Å². The van der Waals surface area contributed by atoms with Gasteiger partial charge < -0.3 is 10.4 Å². The van der Waals surface area contributed by atoms with E-state index in [2.05, 4.69) is 19.2 Å². The van der Waals surface area contributed by atoms with Crippen LogP contribution in [0.5, 0.6) is 0 Å². The normalized spacial score (nSPS) is 22.2. The average molecular weight is 283 g/mol. The zero-order valence-electron chi connectivity index (χ0n) is 13.9. The van der Waals surface area contributed by atoms with Crippen LogP contribution in [0.4, 0.5) is 0 Å². The van der Waals surface area contributed by atoms with Gasteiger partial charge in [0.2, 0.25) is 0 Å². The number of nitrogens with one attached hydrogen (secondary N) is 1. The lowest BCUT2D eigenvalue weighted by Crippen LogP contribution is -2.42. The molecule has 1 atom stereocenters. The van der Waals surface area contributed by atoms with Crippen LogP contribution in [0, 0.1) is 5.92 Å². The molecule has 1 unspecified atom stereocenters. The lowest BCUT2D eigenvalue weighted by atomic mass is 9.95. The van der Waals surface area contributed by atoms with Crippen molar-refractivity contribution in [3.63, 3.8) is 0 Å². The van der Waals surface area contributed by atoms with E-state index in [1.54, 1.807) is 0 Å². The molecule has 1 rings (SSSR count). The molecular weight excluding hydrogens is 246 g/mol. The molecule has 1 aliphatic carbocycles. The Balaban J connectivity index is 2.40. The molecule has 1 fully saturated rings. The first-order chi connectivity index (χ1) is 9.74. The quantitative estimate of drug-likeness (QED) is 0.769. The van der Waals surface area contributed by atoms with Crippen molar-refractivity contribution in [2.75, 3.05) is 6.61 Å². The van der Waals surface area contributed by atoms with Gasteiger partial charge in [-0.3, -0.25) is 0 Å². The van der Waals surface area contributed by atoms with Crippen molar-refractivity contribution < 1.29 is 5.11 Å². The zero-order chi connectivity index (χ0) is 14.6. The van der Waals surface area contributed by atoms with Gasteiger partial charge >= 0.3 is 0 Å². The Labute approximate surface area is 126 Å². The van der Waals surface area contributed by atoms with Crippen LogP contribution < -0.4 is 5.32 Å². The van der Waals surface area contributed by atoms with Crippen LogP contribution in [0.3, 0.4) is 0 Å². The maximum atomic E-state index is 9.23. The summed E-state index contributed by atoms with van der Waals surface area (Å²) < 4.78 is 0. The maximum Gasteiger partial charge on any atom is 0.0445 e. The minimum Gasteiger partial charge on any atom is -0.396 e. The second-order valence-electron chi connectivity index (χ2n) is 6.99. The standard InChI is InChI=1S/C18H37NO/c1-16(2)18(14-15-20)19-17-12-10-8-6-4-3-5-7-9-11-13-17/h16-20H,3-15H2,1-2H3. The smallest absolute Gasteiger partial charge is 0.0445 e. The van der Waals surface area contributed by atoms with Crippen LogP contribution >= 0.6 is 0 Å². The molecule has 0 aromatic rings. The van der Waals surface area contributed by atoms with Gasteiger partial charge in [-0.05, 0) is 25.2 Å². The minimum atomic E-state index is 0.308. The van der Waals surface area contributed by atoms with E-state index in [9.17, 15) is 5.11 Å². The molecule has 120 valence electrons. The van der Waals surface area contributed by atoms with Gasteiger partial charge in [0.25, 0.3) is 0 Å². The molecule has 0 saturated heterocycles. The molecule has 1 aliphatic rings. The highest BCUT2D eigenvalue weighted by Gasteiger charge is 2.17. The van der Waals surface area contributed by atoms with E-state index in [0.717, 1.165) is 6.42 Å². The lowest BCUT2D eigenvalue weighted by Gasteiger charge is -2.28. The third-order valence-corrected chi connectivity index (χ3v) is 4.80. The Hall–Kier alpha value is -0.0800. The highest BCUT2D eigenvalue weighted by Crippen LogP contribution is 2.18. The molecule has 0 aliphatic heterocycles. The van der Waals surface area contributed by atoms with Crippen molar-refractivity contribution in [2.45, 2.75) is 103 Å². The van der Waals surface area contributed by atoms with Gasteiger partial charge in [-0.15, -0.1) is 0 Å². The van der Waals surface area contributed by atoms with E-state index in [-0.39, 0.29) is 0 Å². The van der Waals surface area contributed by atoms with E-state index in [0.29, 0.717) is 24.6 Å². The van der Waals surface area contributed by atoms with Crippen LogP contribution in [-0.2, 0) is 0 Å². The molecule has 0 bridgehead atoms. The van der Waals surface area contributed by atoms with Crippen molar-refractivity contribution in [3.8, 4) is 0 Å². The molecule has 0 aromatic carbocycles. The third kappa shape index (κ3) is 8.26. The first-order valence-electron chi connectivity index (χ1n) is 9.11. The molecule has 0 spiro atoms. The number of aliphatic hydroxyl groups excluding tert-OH is 1. The van der Waals surface area contributed by atoms with Crippen LogP contribution in [-0.4, -0.2) is 23.8 Å². The number of rotatable bonds is 5. The fourth-order valence-corrected chi connectivity index (χ4v) is 3.38. The van der Waals surface area contributed by atoms with Crippen molar-refractivity contribution >= 4 is 0 Å². The molecule has 20 heavy (non-hydrogen) atoms. The van der Waals surface area contributed by atoms with Crippen LogP contribution in [0.25, 0.3) is 0 Å². The molecule has 2 N–H and O–H groups in total. The first-order valence-corrected chi connectivity index (χ1v) is 9.11. The maximum absolute atomic E-state index is 9.23. The highest BCUT2D eigenvalue weighted by molar-refractivity contribution is 4.77. The fourth-order valence-electron chi connectivity index (χ4n) is 3.38. The summed E-state index contributed by atoms with van der Waals surface area (Å²) >= 11 is 0. The van der Waals surface area contributed by atoms with E-state index < -0.39 is 0 Å². The Kier molecular flexibility index (Phi) is 10.4. The Morgan fingerprint density at radius 2 is 1.30 bits per heavy atom. The van der Waals surface area contributed by atoms with Gasteiger partial charge in [0.1, 0.15) is 0 Å². The summed E-state index contributed by atoms with van der Waals surface area (Å²) in [6.07, 6.45) is 16.3. The molecule has 0 aromatic heterocycles. The number of hydrogen-bond donors (Lipinski definition) is 2. The lowest BCUT2D eigenvalue weighted by molar-refractivity contribution is 0.227. The Morgan fingerprint density at radius 3 is 1.70 bits per heavy atom. The van der Waals surface area contributed by atoms with Gasteiger partial charge in [-0.25, -0.2) is 0 Å². The van der Waals surface area contributed by atoms with Crippen LogP contribution in [0.15, 0.2) is 0 Å². The molecule has 0 heterocycles. The monoisotopic (exact) mass is 283 g/mol. The molecule has 2 nitrogen and oxygen atoms in total. The molecule has 0 radical (unpaired) electrons. The first kappa shape index (κ1) is 18.0. The van der Waals surface area contributed by atoms with Gasteiger partial charge in [-0.1, -0.05) is 71.6 Å². The highest BCUT2D eigenvalue weighted by atomic mass is 16.3. The third-order valence-electron chi connectivity index (χ3n) is 4.80. The fraction of sp³-hybridized carbons (Fsp3) is 1.00. The second kappa shape index (κ2) is 11.6. The minimum absolute atomic E-state index is 0.308.